The largest absolute Gasteiger partial charge is 0.471 e. The molecule has 0 aromatic heterocycles. The first kappa shape index (κ1) is 45.7. The number of carbonyl (C=O) groups excluding carboxylic acids is 2. The summed E-state index contributed by atoms with van der Waals surface area (Å²) in [7, 11) is 3.28. The number of amidine groups is 1. The maximum atomic E-state index is 14.6. The standard InChI is InChI=1S/C50H47BrF4N6O3/c1-59-23-25-60(26-24-59)40-21-22-41(45(32-40)61(27-28-64-2)48(63)50(53,54)55)47(62)57-46(56)42-31-35(29-34-13-12-20-39(52)30-34)43(51)33-44(42)58-49(36-14-6-3-7-15-36,37-16-8-4-9-17-37)38-18-10-5-11-19-38/h3-22,30-33,58H,23-29H2,1-2H3,(H2,56,57,62). The third-order valence-electron chi connectivity index (χ3n) is 11.3. The molecule has 330 valence electrons. The number of likely N-dealkylation sites (N-methyl/N-ethyl adjacent to an activating group) is 1. The normalized spacial score (nSPS) is 13.7. The maximum Gasteiger partial charge on any atom is 0.471 e. The van der Waals surface area contributed by atoms with Crippen molar-refractivity contribution in [2.45, 2.75) is 18.1 Å². The van der Waals surface area contributed by atoms with Gasteiger partial charge in [-0.2, -0.15) is 18.2 Å². The van der Waals surface area contributed by atoms with Gasteiger partial charge in [-0.1, -0.05) is 119 Å². The van der Waals surface area contributed by atoms with E-state index in [1.54, 1.807) is 24.3 Å². The van der Waals surface area contributed by atoms with Crippen LogP contribution in [0.4, 0.5) is 34.6 Å². The number of nitrogens with one attached hydrogen (secondary N) is 1. The first-order valence-electron chi connectivity index (χ1n) is 20.6. The molecule has 6 aromatic carbocycles. The zero-order valence-corrected chi connectivity index (χ0v) is 36.9. The number of nitrogens with zero attached hydrogens (tertiary/aromatic N) is 4. The van der Waals surface area contributed by atoms with Crippen LogP contribution < -0.4 is 20.9 Å². The Bertz CT molecular complexity index is 2510. The van der Waals surface area contributed by atoms with Crippen molar-refractivity contribution >= 4 is 50.6 Å². The number of hydrogen-bond donors (Lipinski definition) is 2. The highest BCUT2D eigenvalue weighted by molar-refractivity contribution is 9.10. The summed E-state index contributed by atoms with van der Waals surface area (Å²) in [5, 5.41) is 3.81. The smallest absolute Gasteiger partial charge is 0.383 e. The van der Waals surface area contributed by atoms with Crippen LogP contribution in [0.2, 0.25) is 0 Å². The Labute approximate surface area is 378 Å². The summed E-state index contributed by atoms with van der Waals surface area (Å²) < 4.78 is 63.0. The lowest BCUT2D eigenvalue weighted by Crippen LogP contribution is -2.45. The molecule has 1 aliphatic heterocycles. The summed E-state index contributed by atoms with van der Waals surface area (Å²) in [6, 6.07) is 43.7. The molecule has 0 bridgehead atoms. The molecule has 0 aliphatic carbocycles. The number of methoxy groups -OCH3 is 1. The molecular weight excluding hydrogens is 888 g/mol. The highest BCUT2D eigenvalue weighted by Gasteiger charge is 2.44. The minimum Gasteiger partial charge on any atom is -0.383 e. The molecule has 1 aliphatic rings. The second-order valence-corrected chi connectivity index (χ2v) is 16.4. The van der Waals surface area contributed by atoms with Gasteiger partial charge in [0.2, 0.25) is 0 Å². The summed E-state index contributed by atoms with van der Waals surface area (Å²) in [6.45, 7) is 1.83. The zero-order chi connectivity index (χ0) is 45.4. The topological polar surface area (TPSA) is 104 Å². The van der Waals surface area contributed by atoms with E-state index in [4.69, 9.17) is 10.5 Å². The van der Waals surface area contributed by atoms with E-state index in [2.05, 4.69) is 31.1 Å². The SMILES string of the molecule is COCCN(C(=O)C(F)(F)F)c1cc(N2CCN(C)CC2)ccc1C(=O)N=C(N)c1cc(Cc2cccc(F)c2)c(Br)cc1NC(c1ccccc1)(c1ccccc1)c1ccccc1. The molecule has 7 rings (SSSR count). The molecule has 0 radical (unpaired) electrons. The van der Waals surface area contributed by atoms with E-state index in [9.17, 15) is 27.2 Å². The van der Waals surface area contributed by atoms with Crippen molar-refractivity contribution in [3.05, 3.63) is 195 Å². The van der Waals surface area contributed by atoms with E-state index in [1.165, 1.54) is 31.4 Å². The van der Waals surface area contributed by atoms with Crippen LogP contribution in [0, 0.1) is 5.82 Å². The van der Waals surface area contributed by atoms with Crippen LogP contribution in [0.25, 0.3) is 0 Å². The highest BCUT2D eigenvalue weighted by atomic mass is 79.9. The van der Waals surface area contributed by atoms with Gasteiger partial charge in [-0.05, 0) is 83.8 Å². The lowest BCUT2D eigenvalue weighted by atomic mass is 9.76. The van der Waals surface area contributed by atoms with Crippen LogP contribution in [0.3, 0.4) is 0 Å². The second-order valence-electron chi connectivity index (χ2n) is 15.5. The molecule has 6 aromatic rings. The quantitative estimate of drug-likeness (QED) is 0.0486. The first-order valence-corrected chi connectivity index (χ1v) is 21.4. The van der Waals surface area contributed by atoms with Gasteiger partial charge in [0, 0.05) is 61.2 Å². The molecule has 0 saturated carbocycles. The number of carbonyl (C=O) groups is 2. The van der Waals surface area contributed by atoms with E-state index >= 15 is 0 Å². The van der Waals surface area contributed by atoms with Crippen LogP contribution in [-0.4, -0.2) is 82.2 Å². The van der Waals surface area contributed by atoms with Gasteiger partial charge in [0.25, 0.3) is 5.91 Å². The summed E-state index contributed by atoms with van der Waals surface area (Å²) >= 11 is 3.76. The van der Waals surface area contributed by atoms with E-state index in [1.807, 2.05) is 109 Å². The van der Waals surface area contributed by atoms with Crippen LogP contribution in [-0.2, 0) is 21.5 Å². The first-order chi connectivity index (χ1) is 30.8. The fourth-order valence-corrected chi connectivity index (χ4v) is 8.48. The van der Waals surface area contributed by atoms with Crippen molar-refractivity contribution in [3.63, 3.8) is 0 Å². The number of benzene rings is 6. The van der Waals surface area contributed by atoms with E-state index < -0.39 is 35.9 Å². The monoisotopic (exact) mass is 934 g/mol. The molecule has 0 atom stereocenters. The number of rotatable bonds is 14. The Morgan fingerprint density at radius 3 is 1.92 bits per heavy atom. The van der Waals surface area contributed by atoms with Gasteiger partial charge in [0.15, 0.2) is 0 Å². The van der Waals surface area contributed by atoms with Gasteiger partial charge in [0.1, 0.15) is 17.2 Å². The van der Waals surface area contributed by atoms with Crippen LogP contribution >= 0.6 is 15.9 Å². The van der Waals surface area contributed by atoms with Gasteiger partial charge in [-0.25, -0.2) is 4.39 Å². The number of halogens is 5. The maximum absolute atomic E-state index is 14.6. The number of piperazine rings is 1. The summed E-state index contributed by atoms with van der Waals surface area (Å²) in [5.41, 5.74) is 10.6. The zero-order valence-electron chi connectivity index (χ0n) is 35.3. The van der Waals surface area contributed by atoms with E-state index in [0.29, 0.717) is 58.1 Å². The predicted octanol–water partition coefficient (Wildman–Crippen LogP) is 9.42. The molecule has 1 fully saturated rings. The Balaban J connectivity index is 1.41. The van der Waals surface area contributed by atoms with E-state index in [0.717, 1.165) is 16.7 Å². The lowest BCUT2D eigenvalue weighted by Gasteiger charge is -2.38. The van der Waals surface area contributed by atoms with Crippen LogP contribution in [0.5, 0.6) is 0 Å². The van der Waals surface area contributed by atoms with Gasteiger partial charge in [-0.3, -0.25) is 9.59 Å². The molecule has 2 amide bonds. The Kier molecular flexibility index (Phi) is 14.3. The molecular formula is C50H47BrF4N6O3. The number of anilines is 3. The number of aliphatic imine (C=N–C) groups is 1. The summed E-state index contributed by atoms with van der Waals surface area (Å²) in [4.78, 5) is 36.7. The number of alkyl halides is 3. The molecule has 1 saturated heterocycles. The molecule has 0 unspecified atom stereocenters. The number of hydrogen-bond acceptors (Lipinski definition) is 6. The van der Waals surface area contributed by atoms with Crippen molar-refractivity contribution in [2.24, 2.45) is 10.7 Å². The highest BCUT2D eigenvalue weighted by Crippen LogP contribution is 2.42. The third kappa shape index (κ3) is 10.2. The summed E-state index contributed by atoms with van der Waals surface area (Å²) in [6.07, 6.45) is -5.00. The number of ether oxygens (including phenoxy) is 1. The fourth-order valence-electron chi connectivity index (χ4n) is 8.00. The molecule has 3 N–H and O–H groups in total. The number of amides is 2. The Morgan fingerprint density at radius 2 is 1.38 bits per heavy atom. The van der Waals surface area contributed by atoms with Crippen LogP contribution in [0.15, 0.2) is 155 Å². The van der Waals surface area contributed by atoms with Gasteiger partial charge in [0.05, 0.1) is 17.9 Å². The number of nitrogens with two attached hydrogens (primary N) is 1. The van der Waals surface area contributed by atoms with Gasteiger partial charge >= 0.3 is 12.1 Å². The predicted molar refractivity (Wildman–Crippen MR) is 248 cm³/mol. The molecule has 0 spiro atoms. The fraction of sp³-hybridized carbons (Fsp3) is 0.220. The average Bonchev–Trinajstić information content (AvgIpc) is 3.29. The van der Waals surface area contributed by atoms with Crippen molar-refractivity contribution in [1.82, 2.24) is 4.90 Å². The van der Waals surface area contributed by atoms with Crippen molar-refractivity contribution in [1.29, 1.82) is 0 Å². The molecule has 1 heterocycles. The molecule has 64 heavy (non-hydrogen) atoms. The Hall–Kier alpha value is -6.35. The second kappa shape index (κ2) is 20.0. The van der Waals surface area contributed by atoms with Crippen molar-refractivity contribution in [2.75, 3.05) is 68.6 Å². The molecule has 9 nitrogen and oxygen atoms in total. The average molecular weight is 936 g/mol. The van der Waals surface area contributed by atoms with Crippen molar-refractivity contribution < 1.29 is 31.9 Å². The minimum atomic E-state index is -5.26. The van der Waals surface area contributed by atoms with Crippen molar-refractivity contribution in [3.8, 4) is 0 Å². The van der Waals surface area contributed by atoms with Gasteiger partial charge in [-0.15, -0.1) is 0 Å². The minimum absolute atomic E-state index is 0.242. The van der Waals surface area contributed by atoms with E-state index in [-0.39, 0.29) is 35.7 Å². The molecule has 14 heteroatoms. The summed E-state index contributed by atoms with van der Waals surface area (Å²) in [5.74, 6) is -3.80. The van der Waals surface area contributed by atoms with Crippen LogP contribution in [0.1, 0.15) is 43.7 Å². The van der Waals surface area contributed by atoms with Gasteiger partial charge < -0.3 is 30.5 Å². The lowest BCUT2D eigenvalue weighted by molar-refractivity contribution is -0.170. The Morgan fingerprint density at radius 1 is 0.781 bits per heavy atom. The third-order valence-corrected chi connectivity index (χ3v) is 12.0.